The first kappa shape index (κ1) is 35.6. The Kier molecular flexibility index (Phi) is 7.99. The SMILES string of the molecule is c1cc(-c2ccc3c(c2)Sc2ccccc2O3)cc(-c2nc(-c3ccc(-c4cccc5c4C4(c6ccccc6Sc6ccccc64)c4ccccc4-5)cc3)nc3ccccc23)c1. The topological polar surface area (TPSA) is 35.0 Å². The second-order valence-corrected chi connectivity index (χ2v) is 18.2. The van der Waals surface area contributed by atoms with Crippen LogP contribution in [-0.4, -0.2) is 9.97 Å². The van der Waals surface area contributed by atoms with Crippen molar-refractivity contribution in [2.45, 2.75) is 25.0 Å². The molecule has 0 bridgehead atoms. The lowest BCUT2D eigenvalue weighted by atomic mass is 9.66. The van der Waals surface area contributed by atoms with Gasteiger partial charge < -0.3 is 4.74 Å². The van der Waals surface area contributed by atoms with Crippen LogP contribution < -0.4 is 4.74 Å². The number of hydrogen-bond donors (Lipinski definition) is 0. The molecule has 3 aliphatic rings. The molecule has 62 heavy (non-hydrogen) atoms. The first-order chi connectivity index (χ1) is 30.7. The smallest absolute Gasteiger partial charge is 0.160 e. The Morgan fingerprint density at radius 2 is 0.952 bits per heavy atom. The van der Waals surface area contributed by atoms with Gasteiger partial charge in [0.05, 0.1) is 26.4 Å². The fourth-order valence-electron chi connectivity index (χ4n) is 9.93. The number of nitrogens with zero attached hydrogens (tertiary/aromatic N) is 2. The van der Waals surface area contributed by atoms with Crippen molar-refractivity contribution in [1.29, 1.82) is 0 Å². The molecular weight excluding hydrogens is 793 g/mol. The van der Waals surface area contributed by atoms with Crippen LogP contribution in [0.5, 0.6) is 11.5 Å². The number of hydrogen-bond acceptors (Lipinski definition) is 5. The minimum absolute atomic E-state index is 0.457. The summed E-state index contributed by atoms with van der Waals surface area (Å²) in [5.41, 5.74) is 16.0. The van der Waals surface area contributed by atoms with Gasteiger partial charge in [-0.2, -0.15) is 0 Å². The van der Waals surface area contributed by atoms with Crippen molar-refractivity contribution in [3.8, 4) is 67.5 Å². The molecule has 10 aromatic rings. The Morgan fingerprint density at radius 3 is 1.79 bits per heavy atom. The highest BCUT2D eigenvalue weighted by molar-refractivity contribution is 7.99. The number of aromatic nitrogens is 2. The Morgan fingerprint density at radius 1 is 0.371 bits per heavy atom. The molecule has 1 aromatic heterocycles. The van der Waals surface area contributed by atoms with E-state index >= 15 is 0 Å². The Balaban J connectivity index is 0.913. The zero-order chi connectivity index (χ0) is 40.8. The third kappa shape index (κ3) is 5.35. The molecule has 3 nitrogen and oxygen atoms in total. The third-order valence-corrected chi connectivity index (χ3v) is 14.9. The van der Waals surface area contributed by atoms with E-state index in [-0.39, 0.29) is 0 Å². The van der Waals surface area contributed by atoms with E-state index in [2.05, 4.69) is 194 Å². The molecule has 0 radical (unpaired) electrons. The van der Waals surface area contributed by atoms with Gasteiger partial charge in [0, 0.05) is 26.3 Å². The molecule has 1 aliphatic carbocycles. The minimum Gasteiger partial charge on any atom is -0.455 e. The van der Waals surface area contributed by atoms with Crippen LogP contribution in [0.2, 0.25) is 0 Å². The minimum atomic E-state index is -0.457. The summed E-state index contributed by atoms with van der Waals surface area (Å²) in [6.45, 7) is 0. The molecule has 0 amide bonds. The summed E-state index contributed by atoms with van der Waals surface area (Å²) < 4.78 is 6.24. The Hall–Kier alpha value is -7.18. The first-order valence-corrected chi connectivity index (χ1v) is 22.5. The molecule has 0 unspecified atom stereocenters. The number of ether oxygens (including phenoxy) is 1. The van der Waals surface area contributed by atoms with Crippen molar-refractivity contribution in [1.82, 2.24) is 9.97 Å². The predicted octanol–water partition coefficient (Wildman–Crippen LogP) is 15.4. The highest BCUT2D eigenvalue weighted by Gasteiger charge is 2.51. The molecule has 3 heterocycles. The maximum atomic E-state index is 6.24. The maximum Gasteiger partial charge on any atom is 0.160 e. The monoisotopic (exact) mass is 826 g/mol. The van der Waals surface area contributed by atoms with Gasteiger partial charge in [-0.05, 0) is 104 Å². The van der Waals surface area contributed by atoms with Crippen molar-refractivity contribution >= 4 is 34.4 Å². The van der Waals surface area contributed by atoms with Gasteiger partial charge in [-0.1, -0.05) is 181 Å². The van der Waals surface area contributed by atoms with E-state index in [1.54, 1.807) is 11.8 Å². The summed E-state index contributed by atoms with van der Waals surface area (Å²) in [4.78, 5) is 15.3. The van der Waals surface area contributed by atoms with Crippen LogP contribution in [0.25, 0.3) is 66.9 Å². The number of rotatable bonds is 4. The number of para-hydroxylation sites is 2. The summed E-state index contributed by atoms with van der Waals surface area (Å²) >= 11 is 3.63. The van der Waals surface area contributed by atoms with Crippen LogP contribution in [-0.2, 0) is 5.41 Å². The van der Waals surface area contributed by atoms with Gasteiger partial charge in [-0.25, -0.2) is 9.97 Å². The zero-order valence-electron chi connectivity index (χ0n) is 33.2. The molecule has 9 aromatic carbocycles. The summed E-state index contributed by atoms with van der Waals surface area (Å²) in [5.74, 6) is 2.49. The van der Waals surface area contributed by atoms with E-state index in [1.807, 2.05) is 23.9 Å². The lowest BCUT2D eigenvalue weighted by Gasteiger charge is -2.40. The van der Waals surface area contributed by atoms with Gasteiger partial charge in [0.25, 0.3) is 0 Å². The quantitative estimate of drug-likeness (QED) is 0.177. The summed E-state index contributed by atoms with van der Waals surface area (Å²) in [6.07, 6.45) is 0. The first-order valence-electron chi connectivity index (χ1n) is 20.9. The van der Waals surface area contributed by atoms with E-state index < -0.39 is 5.41 Å². The fraction of sp³-hybridized carbons (Fsp3) is 0.0175. The molecule has 0 saturated heterocycles. The van der Waals surface area contributed by atoms with Gasteiger partial charge >= 0.3 is 0 Å². The fourth-order valence-corrected chi connectivity index (χ4v) is 12.1. The van der Waals surface area contributed by atoms with Crippen molar-refractivity contribution in [3.05, 3.63) is 229 Å². The third-order valence-electron chi connectivity index (χ3n) is 12.6. The largest absolute Gasteiger partial charge is 0.455 e. The van der Waals surface area contributed by atoms with E-state index in [1.165, 1.54) is 48.7 Å². The van der Waals surface area contributed by atoms with Gasteiger partial charge in [-0.15, -0.1) is 0 Å². The number of benzene rings is 9. The molecule has 2 aliphatic heterocycles. The molecule has 5 heteroatoms. The second kappa shape index (κ2) is 13.9. The molecule has 0 atom stereocenters. The van der Waals surface area contributed by atoms with Gasteiger partial charge in [0.15, 0.2) is 5.82 Å². The molecule has 13 rings (SSSR count). The van der Waals surface area contributed by atoms with Crippen molar-refractivity contribution < 1.29 is 4.74 Å². The van der Waals surface area contributed by atoms with Crippen LogP contribution in [0.3, 0.4) is 0 Å². The average molecular weight is 827 g/mol. The number of fused-ring (bicyclic) bond motifs is 12. The summed E-state index contributed by atoms with van der Waals surface area (Å²) in [7, 11) is 0. The van der Waals surface area contributed by atoms with Crippen LogP contribution in [0.4, 0.5) is 0 Å². The van der Waals surface area contributed by atoms with Crippen molar-refractivity contribution in [3.63, 3.8) is 0 Å². The second-order valence-electron chi connectivity index (χ2n) is 16.0. The van der Waals surface area contributed by atoms with Crippen LogP contribution in [0.15, 0.2) is 226 Å². The van der Waals surface area contributed by atoms with E-state index in [0.717, 1.165) is 65.7 Å². The van der Waals surface area contributed by atoms with Crippen molar-refractivity contribution in [2.75, 3.05) is 0 Å². The molecule has 0 saturated carbocycles. The highest BCUT2D eigenvalue weighted by atomic mass is 32.2. The Bertz CT molecular complexity index is 3420. The lowest BCUT2D eigenvalue weighted by Crippen LogP contribution is -2.32. The molecular formula is C57H34N2OS2. The molecule has 0 fully saturated rings. The zero-order valence-corrected chi connectivity index (χ0v) is 34.9. The normalized spacial score (nSPS) is 13.6. The van der Waals surface area contributed by atoms with Crippen LogP contribution >= 0.6 is 23.5 Å². The average Bonchev–Trinajstić information content (AvgIpc) is 3.63. The molecule has 0 N–H and O–H groups in total. The van der Waals surface area contributed by atoms with E-state index in [9.17, 15) is 0 Å². The molecule has 1 spiro atoms. The standard InChI is InChI=1S/C57H34N2OS2/c1-3-19-44-41(15-1)42-18-12-17-40(54(42)57(44)45-20-4-8-24-50(45)61-51-25-9-5-21-46(51)57)35-27-29-36(30-28-35)56-58-47-22-6-2-16-43(47)55(59-56)39-14-11-13-37(33-39)38-31-32-49-53(34-38)62-52-26-10-7-23-48(52)60-49/h1-34H. The van der Waals surface area contributed by atoms with Crippen LogP contribution in [0.1, 0.15) is 22.3 Å². The van der Waals surface area contributed by atoms with Gasteiger partial charge in [0.2, 0.25) is 0 Å². The maximum absolute atomic E-state index is 6.24. The lowest BCUT2D eigenvalue weighted by molar-refractivity contribution is 0.454. The summed E-state index contributed by atoms with van der Waals surface area (Å²) in [6, 6.07) is 74.4. The van der Waals surface area contributed by atoms with Gasteiger partial charge in [-0.3, -0.25) is 0 Å². The highest BCUT2D eigenvalue weighted by Crippen LogP contribution is 2.63. The van der Waals surface area contributed by atoms with Crippen molar-refractivity contribution in [2.24, 2.45) is 0 Å². The molecule has 290 valence electrons. The van der Waals surface area contributed by atoms with E-state index in [4.69, 9.17) is 14.7 Å². The van der Waals surface area contributed by atoms with Crippen LogP contribution in [0, 0.1) is 0 Å². The summed E-state index contributed by atoms with van der Waals surface area (Å²) in [5, 5.41) is 1.02. The van der Waals surface area contributed by atoms with Gasteiger partial charge in [0.1, 0.15) is 11.5 Å². The Labute approximate surface area is 368 Å². The van der Waals surface area contributed by atoms with E-state index in [0.29, 0.717) is 5.82 Å². The predicted molar refractivity (Wildman–Crippen MR) is 253 cm³/mol.